The molecule has 23 heavy (non-hydrogen) atoms. The second-order valence-corrected chi connectivity index (χ2v) is 6.94. The van der Waals surface area contributed by atoms with E-state index in [-0.39, 0.29) is 15.2 Å². The van der Waals surface area contributed by atoms with Crippen LogP contribution in [0.5, 0.6) is 0 Å². The largest absolute Gasteiger partial charge is 0.288 e. The van der Waals surface area contributed by atoms with Crippen molar-refractivity contribution in [2.75, 3.05) is 4.72 Å². The van der Waals surface area contributed by atoms with Crippen molar-refractivity contribution in [2.24, 2.45) is 0 Å². The van der Waals surface area contributed by atoms with Crippen LogP contribution in [-0.4, -0.2) is 23.0 Å². The third-order valence-corrected chi connectivity index (χ3v) is 5.11. The summed E-state index contributed by atoms with van der Waals surface area (Å²) in [4.78, 5) is 7.79. The molecule has 0 saturated heterocycles. The molecule has 0 saturated carbocycles. The number of benzene rings is 1. The number of sulfonamides is 1. The van der Waals surface area contributed by atoms with E-state index in [0.29, 0.717) is 11.4 Å². The highest BCUT2D eigenvalue weighted by Crippen LogP contribution is 2.25. The summed E-state index contributed by atoms with van der Waals surface area (Å²) in [6.45, 7) is 0. The lowest BCUT2D eigenvalue weighted by Gasteiger charge is -2.09. The molecule has 0 unspecified atom stereocenters. The highest BCUT2D eigenvalue weighted by atomic mass is 35.5. The Kier molecular flexibility index (Phi) is 4.25. The van der Waals surface area contributed by atoms with E-state index in [1.54, 1.807) is 34.9 Å². The molecular formula is C14H10Cl2N4O2S. The van der Waals surface area contributed by atoms with Crippen molar-refractivity contribution in [1.82, 2.24) is 14.5 Å². The molecule has 2 heterocycles. The first-order valence-electron chi connectivity index (χ1n) is 6.39. The topological polar surface area (TPSA) is 76.9 Å². The first kappa shape index (κ1) is 15.8. The summed E-state index contributed by atoms with van der Waals surface area (Å²) in [5.74, 6) is 0. The Balaban J connectivity index is 1.85. The Morgan fingerprint density at radius 2 is 1.83 bits per heavy atom. The zero-order valence-electron chi connectivity index (χ0n) is 11.5. The lowest BCUT2D eigenvalue weighted by atomic mass is 10.3. The molecule has 0 radical (unpaired) electrons. The van der Waals surface area contributed by atoms with Crippen LogP contribution in [-0.2, 0) is 10.0 Å². The molecule has 1 N–H and O–H groups in total. The third-order valence-electron chi connectivity index (χ3n) is 3.01. The van der Waals surface area contributed by atoms with Gasteiger partial charge < -0.3 is 0 Å². The number of imidazole rings is 1. The lowest BCUT2D eigenvalue weighted by Crippen LogP contribution is -2.13. The molecule has 6 nitrogen and oxygen atoms in total. The van der Waals surface area contributed by atoms with Gasteiger partial charge in [-0.05, 0) is 36.4 Å². The minimum absolute atomic E-state index is 0.0912. The number of nitrogens with one attached hydrogen (secondary N) is 1. The van der Waals surface area contributed by atoms with Crippen LogP contribution in [0.15, 0.2) is 60.0 Å². The standard InChI is InChI=1S/C14H10Cl2N4O2S/c15-13-14(16)20(9-18-13)11-5-3-10(4-6-11)19-23(21,22)12-2-1-7-17-8-12/h1-9,19H. The van der Waals surface area contributed by atoms with Crippen LogP contribution in [0, 0.1) is 0 Å². The average Bonchev–Trinajstić information content (AvgIpc) is 2.88. The van der Waals surface area contributed by atoms with Crippen molar-refractivity contribution in [3.63, 3.8) is 0 Å². The van der Waals surface area contributed by atoms with E-state index >= 15 is 0 Å². The summed E-state index contributed by atoms with van der Waals surface area (Å²) >= 11 is 11.8. The van der Waals surface area contributed by atoms with Gasteiger partial charge >= 0.3 is 0 Å². The zero-order chi connectivity index (χ0) is 16.4. The smallest absolute Gasteiger partial charge is 0.263 e. The molecule has 3 aromatic rings. The monoisotopic (exact) mass is 368 g/mol. The average molecular weight is 369 g/mol. The molecule has 0 aliphatic heterocycles. The van der Waals surface area contributed by atoms with Crippen LogP contribution < -0.4 is 4.72 Å². The van der Waals surface area contributed by atoms with Gasteiger partial charge in [0.2, 0.25) is 0 Å². The molecule has 0 aliphatic carbocycles. The van der Waals surface area contributed by atoms with E-state index < -0.39 is 10.0 Å². The van der Waals surface area contributed by atoms with Crippen molar-refractivity contribution in [1.29, 1.82) is 0 Å². The van der Waals surface area contributed by atoms with Crippen LogP contribution in [0.3, 0.4) is 0 Å². The van der Waals surface area contributed by atoms with Crippen LogP contribution in [0.4, 0.5) is 5.69 Å². The molecule has 3 rings (SSSR count). The Morgan fingerprint density at radius 1 is 1.09 bits per heavy atom. The minimum atomic E-state index is -3.67. The van der Waals surface area contributed by atoms with Crippen LogP contribution >= 0.6 is 23.2 Å². The second-order valence-electron chi connectivity index (χ2n) is 4.54. The molecular weight excluding hydrogens is 359 g/mol. The molecule has 0 amide bonds. The third kappa shape index (κ3) is 3.31. The fraction of sp³-hybridized carbons (Fsp3) is 0. The van der Waals surface area contributed by atoms with Crippen molar-refractivity contribution >= 4 is 38.9 Å². The quantitative estimate of drug-likeness (QED) is 0.765. The number of halogens is 2. The molecule has 9 heteroatoms. The van der Waals surface area contributed by atoms with E-state index in [4.69, 9.17) is 23.2 Å². The van der Waals surface area contributed by atoms with Gasteiger partial charge in [-0.15, -0.1) is 0 Å². The Hall–Kier alpha value is -2.09. The molecule has 118 valence electrons. The maximum absolute atomic E-state index is 12.2. The van der Waals surface area contributed by atoms with E-state index in [0.717, 1.165) is 0 Å². The van der Waals surface area contributed by atoms with Gasteiger partial charge in [-0.25, -0.2) is 13.4 Å². The number of hydrogen-bond acceptors (Lipinski definition) is 4. The number of rotatable bonds is 4. The van der Waals surface area contributed by atoms with Gasteiger partial charge in [-0.3, -0.25) is 14.3 Å². The number of nitrogens with zero attached hydrogens (tertiary/aromatic N) is 3. The van der Waals surface area contributed by atoms with E-state index in [1.165, 1.54) is 24.8 Å². The Labute approximate surface area is 142 Å². The van der Waals surface area contributed by atoms with Gasteiger partial charge in [0.1, 0.15) is 11.2 Å². The van der Waals surface area contributed by atoms with E-state index in [2.05, 4.69) is 14.7 Å². The molecule has 0 spiro atoms. The highest BCUT2D eigenvalue weighted by Gasteiger charge is 2.14. The SMILES string of the molecule is O=S(=O)(Nc1ccc(-n2cnc(Cl)c2Cl)cc1)c1cccnc1. The van der Waals surface area contributed by atoms with Gasteiger partial charge in [0.25, 0.3) is 10.0 Å². The molecule has 1 aromatic carbocycles. The van der Waals surface area contributed by atoms with Gasteiger partial charge in [0.15, 0.2) is 10.3 Å². The maximum atomic E-state index is 12.2. The van der Waals surface area contributed by atoms with Crippen molar-refractivity contribution in [2.45, 2.75) is 4.90 Å². The van der Waals surface area contributed by atoms with Gasteiger partial charge in [-0.2, -0.15) is 0 Å². The predicted octanol–water partition coefficient (Wildman–Crippen LogP) is 3.37. The molecule has 0 bridgehead atoms. The van der Waals surface area contributed by atoms with Gasteiger partial charge in [0.05, 0.1) is 0 Å². The van der Waals surface area contributed by atoms with Crippen molar-refractivity contribution < 1.29 is 8.42 Å². The fourth-order valence-electron chi connectivity index (χ4n) is 1.90. The maximum Gasteiger partial charge on any atom is 0.263 e. The molecule has 0 fully saturated rings. The first-order valence-corrected chi connectivity index (χ1v) is 8.63. The molecule has 0 atom stereocenters. The van der Waals surface area contributed by atoms with E-state index in [1.807, 2.05) is 0 Å². The van der Waals surface area contributed by atoms with E-state index in [9.17, 15) is 8.42 Å². The summed E-state index contributed by atoms with van der Waals surface area (Å²) in [5, 5.41) is 0.489. The first-order chi connectivity index (χ1) is 11.0. The summed E-state index contributed by atoms with van der Waals surface area (Å²) in [7, 11) is -3.67. The Morgan fingerprint density at radius 3 is 2.39 bits per heavy atom. The predicted molar refractivity (Wildman–Crippen MR) is 88.6 cm³/mol. The van der Waals surface area contributed by atoms with Crippen LogP contribution in [0.25, 0.3) is 5.69 Å². The zero-order valence-corrected chi connectivity index (χ0v) is 13.8. The number of hydrogen-bond donors (Lipinski definition) is 1. The van der Waals surface area contributed by atoms with Crippen molar-refractivity contribution in [3.8, 4) is 5.69 Å². The summed E-state index contributed by atoms with van der Waals surface area (Å²) in [6, 6.07) is 9.66. The second kappa shape index (κ2) is 6.19. The normalized spacial score (nSPS) is 11.4. The lowest BCUT2D eigenvalue weighted by molar-refractivity contribution is 0.601. The Bertz CT molecular complexity index is 925. The van der Waals surface area contributed by atoms with Gasteiger partial charge in [0, 0.05) is 23.8 Å². The number of aromatic nitrogens is 3. The van der Waals surface area contributed by atoms with Crippen molar-refractivity contribution in [3.05, 3.63) is 65.4 Å². The number of pyridine rings is 1. The van der Waals surface area contributed by atoms with Crippen LogP contribution in [0.1, 0.15) is 0 Å². The fourth-order valence-corrected chi connectivity index (χ4v) is 3.25. The summed E-state index contributed by atoms with van der Waals surface area (Å²) in [5.41, 5.74) is 1.12. The van der Waals surface area contributed by atoms with Gasteiger partial charge in [-0.1, -0.05) is 23.2 Å². The highest BCUT2D eigenvalue weighted by molar-refractivity contribution is 7.92. The summed E-state index contributed by atoms with van der Waals surface area (Å²) in [6.07, 6.45) is 4.28. The summed E-state index contributed by atoms with van der Waals surface area (Å²) < 4.78 is 28.5. The van der Waals surface area contributed by atoms with Crippen LogP contribution in [0.2, 0.25) is 10.3 Å². The molecule has 2 aromatic heterocycles. The number of anilines is 1. The molecule has 0 aliphatic rings. The minimum Gasteiger partial charge on any atom is -0.288 e.